The first kappa shape index (κ1) is 23.8. The molecule has 7 nitrogen and oxygen atoms in total. The molecule has 1 fully saturated rings. The van der Waals surface area contributed by atoms with Crippen LogP contribution in [0, 0.1) is 0 Å². The Balaban J connectivity index is 1.42. The first-order valence-electron chi connectivity index (χ1n) is 12.1. The lowest BCUT2D eigenvalue weighted by atomic mass is 9.79. The van der Waals surface area contributed by atoms with Gasteiger partial charge in [0, 0.05) is 12.3 Å². The zero-order valence-corrected chi connectivity index (χ0v) is 19.5. The van der Waals surface area contributed by atoms with E-state index in [1.807, 2.05) is 24.3 Å². The maximum atomic E-state index is 12.9. The number of amides is 2. The van der Waals surface area contributed by atoms with Crippen LogP contribution < -0.4 is 10.6 Å². The van der Waals surface area contributed by atoms with Crippen LogP contribution in [0.1, 0.15) is 68.9 Å². The van der Waals surface area contributed by atoms with Gasteiger partial charge in [0.2, 0.25) is 5.91 Å². The molecule has 0 spiro atoms. The van der Waals surface area contributed by atoms with Gasteiger partial charge in [0.25, 0.3) is 0 Å². The van der Waals surface area contributed by atoms with Gasteiger partial charge in [0.05, 0.1) is 5.54 Å². The van der Waals surface area contributed by atoms with Crippen LogP contribution in [0.15, 0.2) is 48.5 Å². The summed E-state index contributed by atoms with van der Waals surface area (Å²) in [5.41, 5.74) is 3.89. The molecule has 2 aliphatic carbocycles. The molecule has 4 rings (SSSR count). The minimum atomic E-state index is -1.06. The number of hydrogen-bond donors (Lipinski definition) is 3. The lowest BCUT2D eigenvalue weighted by molar-refractivity contribution is -0.142. The molecule has 2 aromatic rings. The fraction of sp³-hybridized carbons (Fsp3) is 0.444. The van der Waals surface area contributed by atoms with Crippen LogP contribution >= 0.6 is 0 Å². The lowest BCUT2D eigenvalue weighted by Crippen LogP contribution is -2.54. The quantitative estimate of drug-likeness (QED) is 0.530. The molecule has 0 heterocycles. The predicted molar refractivity (Wildman–Crippen MR) is 128 cm³/mol. The molecule has 2 aromatic carbocycles. The number of alkyl carbamates (subject to hydrolysis) is 1. The van der Waals surface area contributed by atoms with Gasteiger partial charge < -0.3 is 20.5 Å². The fourth-order valence-electron chi connectivity index (χ4n) is 5.32. The molecular formula is C27H32N2O5. The Labute approximate surface area is 199 Å². The highest BCUT2D eigenvalue weighted by Gasteiger charge is 2.37. The Hall–Kier alpha value is -3.35. The van der Waals surface area contributed by atoms with Crippen molar-refractivity contribution in [3.63, 3.8) is 0 Å². The summed E-state index contributed by atoms with van der Waals surface area (Å²) < 4.78 is 5.71. The van der Waals surface area contributed by atoms with E-state index in [4.69, 9.17) is 4.74 Å². The van der Waals surface area contributed by atoms with Crippen molar-refractivity contribution in [2.24, 2.45) is 0 Å². The van der Waals surface area contributed by atoms with E-state index >= 15 is 0 Å². The minimum absolute atomic E-state index is 0.0374. The van der Waals surface area contributed by atoms with Crippen molar-refractivity contribution in [2.75, 3.05) is 6.61 Å². The molecule has 0 saturated heterocycles. The molecule has 0 bridgehead atoms. The van der Waals surface area contributed by atoms with Crippen molar-refractivity contribution >= 4 is 18.0 Å². The van der Waals surface area contributed by atoms with Crippen molar-refractivity contribution < 1.29 is 24.2 Å². The van der Waals surface area contributed by atoms with Gasteiger partial charge >= 0.3 is 12.1 Å². The number of hydrogen-bond acceptors (Lipinski definition) is 4. The predicted octanol–water partition coefficient (Wildman–Crippen LogP) is 4.60. The van der Waals surface area contributed by atoms with Gasteiger partial charge in [-0.15, -0.1) is 0 Å². The van der Waals surface area contributed by atoms with Gasteiger partial charge in [-0.05, 0) is 41.5 Å². The molecule has 0 radical (unpaired) electrons. The molecule has 180 valence electrons. The summed E-state index contributed by atoms with van der Waals surface area (Å²) in [6, 6.07) is 15.4. The SMILES string of the molecule is CC[C@H](NC(=O)CC1(NC(=O)OCC2c3ccccc3-c3ccccc32)CCCCC1)C(=O)O. The summed E-state index contributed by atoms with van der Waals surface area (Å²) in [5.74, 6) is -1.46. The highest BCUT2D eigenvalue weighted by Crippen LogP contribution is 2.44. The summed E-state index contributed by atoms with van der Waals surface area (Å²) in [7, 11) is 0. The van der Waals surface area contributed by atoms with Gasteiger partial charge in [-0.3, -0.25) is 4.79 Å². The molecule has 0 aromatic heterocycles. The molecule has 3 N–H and O–H groups in total. The molecule has 0 unspecified atom stereocenters. The Bertz CT molecular complexity index is 1010. The van der Waals surface area contributed by atoms with E-state index in [2.05, 4.69) is 34.9 Å². The number of ether oxygens (including phenoxy) is 1. The van der Waals surface area contributed by atoms with E-state index in [1.54, 1.807) is 6.92 Å². The van der Waals surface area contributed by atoms with Crippen LogP contribution in [0.4, 0.5) is 4.79 Å². The number of fused-ring (bicyclic) bond motifs is 3. The van der Waals surface area contributed by atoms with Crippen LogP contribution in [0.5, 0.6) is 0 Å². The lowest BCUT2D eigenvalue weighted by Gasteiger charge is -2.37. The third-order valence-corrected chi connectivity index (χ3v) is 7.06. The average Bonchev–Trinajstić information content (AvgIpc) is 3.15. The number of rotatable bonds is 8. The number of carboxylic acids is 1. The molecule has 1 saturated carbocycles. The van der Waals surface area contributed by atoms with E-state index in [9.17, 15) is 19.5 Å². The van der Waals surface area contributed by atoms with Crippen LogP contribution in [0.25, 0.3) is 11.1 Å². The monoisotopic (exact) mass is 464 g/mol. The van der Waals surface area contributed by atoms with Gasteiger partial charge in [0.15, 0.2) is 0 Å². The Kier molecular flexibility index (Phi) is 7.20. The zero-order chi connectivity index (χ0) is 24.1. The molecule has 34 heavy (non-hydrogen) atoms. The summed E-state index contributed by atoms with van der Waals surface area (Å²) in [5, 5.41) is 14.8. The number of nitrogens with one attached hydrogen (secondary N) is 2. The van der Waals surface area contributed by atoms with Crippen molar-refractivity contribution in [3.05, 3.63) is 59.7 Å². The topological polar surface area (TPSA) is 105 Å². The summed E-state index contributed by atoms with van der Waals surface area (Å²) in [6.07, 6.45) is 3.96. The van der Waals surface area contributed by atoms with E-state index in [0.29, 0.717) is 19.3 Å². The third-order valence-electron chi connectivity index (χ3n) is 7.06. The second kappa shape index (κ2) is 10.3. The Morgan fingerprint density at radius 1 is 1.00 bits per heavy atom. The van der Waals surface area contributed by atoms with Crippen LogP contribution in [0.2, 0.25) is 0 Å². The van der Waals surface area contributed by atoms with Crippen molar-refractivity contribution in [1.29, 1.82) is 0 Å². The average molecular weight is 465 g/mol. The second-order valence-electron chi connectivity index (χ2n) is 9.33. The summed E-state index contributed by atoms with van der Waals surface area (Å²) >= 11 is 0. The number of carboxylic acid groups (broad SMARTS) is 1. The Morgan fingerprint density at radius 2 is 1.59 bits per heavy atom. The maximum Gasteiger partial charge on any atom is 0.407 e. The van der Waals surface area contributed by atoms with E-state index < -0.39 is 23.6 Å². The summed E-state index contributed by atoms with van der Waals surface area (Å²) in [6.45, 7) is 1.92. The highest BCUT2D eigenvalue weighted by atomic mass is 16.5. The summed E-state index contributed by atoms with van der Waals surface area (Å²) in [4.78, 5) is 36.9. The molecule has 2 amide bonds. The smallest absolute Gasteiger partial charge is 0.407 e. The molecule has 1 atom stereocenters. The normalized spacial score (nSPS) is 17.2. The standard InChI is InChI=1S/C27H32N2O5/c1-2-23(25(31)32)28-24(30)16-27(14-8-3-9-15-27)29-26(33)34-17-22-20-12-6-4-10-18(20)19-11-5-7-13-21(19)22/h4-7,10-13,22-23H,2-3,8-9,14-17H2,1H3,(H,28,30)(H,29,33)(H,31,32)/t23-/m0/s1. The number of benzene rings is 2. The number of carbonyl (C=O) groups excluding carboxylic acids is 2. The fourth-order valence-corrected chi connectivity index (χ4v) is 5.32. The molecule has 2 aliphatic rings. The van der Waals surface area contributed by atoms with Gasteiger partial charge in [0.1, 0.15) is 12.6 Å². The van der Waals surface area contributed by atoms with Crippen LogP contribution in [-0.2, 0) is 14.3 Å². The third kappa shape index (κ3) is 5.08. The molecular weight excluding hydrogens is 432 g/mol. The van der Waals surface area contributed by atoms with E-state index in [1.165, 1.54) is 0 Å². The van der Waals surface area contributed by atoms with Gasteiger partial charge in [-0.1, -0.05) is 74.7 Å². The van der Waals surface area contributed by atoms with Gasteiger partial charge in [-0.2, -0.15) is 0 Å². The van der Waals surface area contributed by atoms with Crippen molar-refractivity contribution in [2.45, 2.75) is 69.4 Å². The van der Waals surface area contributed by atoms with Crippen LogP contribution in [0.3, 0.4) is 0 Å². The number of aliphatic carboxylic acids is 1. The number of carbonyl (C=O) groups is 3. The van der Waals surface area contributed by atoms with Crippen molar-refractivity contribution in [3.8, 4) is 11.1 Å². The van der Waals surface area contributed by atoms with Crippen molar-refractivity contribution in [1.82, 2.24) is 10.6 Å². The first-order valence-corrected chi connectivity index (χ1v) is 12.1. The molecule has 0 aliphatic heterocycles. The largest absolute Gasteiger partial charge is 0.480 e. The first-order chi connectivity index (χ1) is 16.4. The van der Waals surface area contributed by atoms with Crippen LogP contribution in [-0.4, -0.2) is 41.3 Å². The van der Waals surface area contributed by atoms with E-state index in [0.717, 1.165) is 41.5 Å². The Morgan fingerprint density at radius 3 is 2.15 bits per heavy atom. The minimum Gasteiger partial charge on any atom is -0.480 e. The highest BCUT2D eigenvalue weighted by molar-refractivity contribution is 5.84. The maximum absolute atomic E-state index is 12.9. The zero-order valence-electron chi connectivity index (χ0n) is 19.5. The van der Waals surface area contributed by atoms with E-state index in [-0.39, 0.29) is 24.9 Å². The second-order valence-corrected chi connectivity index (χ2v) is 9.33. The molecule has 7 heteroatoms. The van der Waals surface area contributed by atoms with Gasteiger partial charge in [-0.25, -0.2) is 9.59 Å².